The van der Waals surface area contributed by atoms with E-state index >= 15 is 0 Å². The summed E-state index contributed by atoms with van der Waals surface area (Å²) >= 11 is 0. The van der Waals surface area contributed by atoms with Gasteiger partial charge in [-0.05, 0) is 69.1 Å². The summed E-state index contributed by atoms with van der Waals surface area (Å²) < 4.78 is 3.46. The molecule has 0 atom stereocenters. The maximum atomic E-state index is 13.2. The molecule has 3 aromatic heterocycles. The fourth-order valence-corrected chi connectivity index (χ4v) is 4.53. The molecule has 5 rings (SSSR count). The maximum Gasteiger partial charge on any atom is 0.278 e. The van der Waals surface area contributed by atoms with Gasteiger partial charge in [0, 0.05) is 36.6 Å². The van der Waals surface area contributed by atoms with Crippen molar-refractivity contribution in [2.75, 3.05) is 11.9 Å². The van der Waals surface area contributed by atoms with E-state index in [0.717, 1.165) is 36.6 Å². The van der Waals surface area contributed by atoms with E-state index in [-0.39, 0.29) is 5.56 Å². The Morgan fingerprint density at radius 2 is 1.92 bits per heavy atom. The molecule has 4 aromatic rings. The van der Waals surface area contributed by atoms with Crippen molar-refractivity contribution in [3.63, 3.8) is 0 Å². The monoisotopic (exact) mass is 487 g/mol. The Labute approximate surface area is 210 Å². The first-order valence-electron chi connectivity index (χ1n) is 12.4. The summed E-state index contributed by atoms with van der Waals surface area (Å²) in [4.78, 5) is 27.0. The molecule has 0 saturated heterocycles. The molecule has 4 heterocycles. The predicted octanol–water partition coefficient (Wildman–Crippen LogP) is 3.43. The van der Waals surface area contributed by atoms with Crippen LogP contribution in [0.25, 0.3) is 16.7 Å². The number of pyridine rings is 1. The standard InChI is InChI=1S/C27H33N7O2/c1-6-33-24(35)21-16-30-25(31-19-8-7-18-15-28-11-9-17(18)13-19)32-23(21)34(33)20-10-12-29-22(14-20)26(2,3)27(4,5)36/h7-8,10,12-14,16,28,36H,6,9,11,15H2,1-5H3,(H,30,31,32). The smallest absolute Gasteiger partial charge is 0.278 e. The molecule has 9 nitrogen and oxygen atoms in total. The summed E-state index contributed by atoms with van der Waals surface area (Å²) in [5, 5.41) is 17.9. The molecule has 0 saturated carbocycles. The first kappa shape index (κ1) is 24.1. The molecule has 1 aliphatic heterocycles. The van der Waals surface area contributed by atoms with Gasteiger partial charge in [-0.1, -0.05) is 19.9 Å². The fourth-order valence-electron chi connectivity index (χ4n) is 4.53. The first-order valence-corrected chi connectivity index (χ1v) is 12.4. The molecule has 3 N–H and O–H groups in total. The van der Waals surface area contributed by atoms with Crippen LogP contribution in [0.5, 0.6) is 0 Å². The van der Waals surface area contributed by atoms with E-state index in [1.807, 2.05) is 43.7 Å². The predicted molar refractivity (Wildman–Crippen MR) is 141 cm³/mol. The highest BCUT2D eigenvalue weighted by Gasteiger charge is 2.38. The van der Waals surface area contributed by atoms with Crippen LogP contribution < -0.4 is 16.2 Å². The summed E-state index contributed by atoms with van der Waals surface area (Å²) in [5.41, 5.74) is 3.75. The van der Waals surface area contributed by atoms with Crippen LogP contribution in [0.1, 0.15) is 51.4 Å². The molecule has 36 heavy (non-hydrogen) atoms. The van der Waals surface area contributed by atoms with Crippen molar-refractivity contribution in [3.8, 4) is 5.69 Å². The molecule has 188 valence electrons. The third-order valence-corrected chi connectivity index (χ3v) is 7.48. The third kappa shape index (κ3) is 4.08. The Kier molecular flexibility index (Phi) is 5.92. The van der Waals surface area contributed by atoms with Gasteiger partial charge < -0.3 is 15.7 Å². The molecular formula is C27H33N7O2. The molecule has 0 unspecified atom stereocenters. The number of rotatable bonds is 6. The molecule has 0 bridgehead atoms. The van der Waals surface area contributed by atoms with Crippen molar-refractivity contribution in [2.45, 2.75) is 65.1 Å². The first-order chi connectivity index (χ1) is 17.1. The van der Waals surface area contributed by atoms with Gasteiger partial charge in [-0.25, -0.2) is 14.3 Å². The van der Waals surface area contributed by atoms with Gasteiger partial charge in [0.05, 0.1) is 17.0 Å². The second-order valence-electron chi connectivity index (χ2n) is 10.4. The number of fused-ring (bicyclic) bond motifs is 2. The summed E-state index contributed by atoms with van der Waals surface area (Å²) in [7, 11) is 0. The minimum absolute atomic E-state index is 0.152. The summed E-state index contributed by atoms with van der Waals surface area (Å²) in [6.45, 7) is 11.7. The van der Waals surface area contributed by atoms with Gasteiger partial charge in [-0.2, -0.15) is 4.98 Å². The largest absolute Gasteiger partial charge is 0.390 e. The molecule has 0 spiro atoms. The van der Waals surface area contributed by atoms with Gasteiger partial charge in [0.15, 0.2) is 5.65 Å². The average molecular weight is 488 g/mol. The highest BCUT2D eigenvalue weighted by atomic mass is 16.3. The zero-order chi connectivity index (χ0) is 25.7. The lowest BCUT2D eigenvalue weighted by molar-refractivity contribution is 0.00776. The molecule has 0 radical (unpaired) electrons. The molecule has 0 amide bonds. The van der Waals surface area contributed by atoms with Crippen LogP contribution in [-0.2, 0) is 24.9 Å². The summed E-state index contributed by atoms with van der Waals surface area (Å²) in [5.74, 6) is 0.421. The molecule has 9 heteroatoms. The van der Waals surface area contributed by atoms with Crippen LogP contribution in [0, 0.1) is 0 Å². The van der Waals surface area contributed by atoms with E-state index < -0.39 is 11.0 Å². The highest BCUT2D eigenvalue weighted by molar-refractivity contribution is 5.77. The van der Waals surface area contributed by atoms with Gasteiger partial charge in [-0.15, -0.1) is 0 Å². The minimum atomic E-state index is -0.994. The van der Waals surface area contributed by atoms with Crippen LogP contribution in [0.3, 0.4) is 0 Å². The van der Waals surface area contributed by atoms with Crippen LogP contribution in [0.4, 0.5) is 11.6 Å². The number of nitrogens with one attached hydrogen (secondary N) is 2. The highest BCUT2D eigenvalue weighted by Crippen LogP contribution is 2.34. The van der Waals surface area contributed by atoms with Gasteiger partial charge in [0.1, 0.15) is 5.39 Å². The topological polar surface area (TPSA) is 110 Å². The number of aromatic nitrogens is 5. The van der Waals surface area contributed by atoms with Gasteiger partial charge in [-0.3, -0.25) is 9.78 Å². The Morgan fingerprint density at radius 3 is 2.67 bits per heavy atom. The lowest BCUT2D eigenvalue weighted by atomic mass is 9.74. The van der Waals surface area contributed by atoms with E-state index in [4.69, 9.17) is 4.98 Å². The summed E-state index contributed by atoms with van der Waals surface area (Å²) in [6, 6.07) is 10.0. The average Bonchev–Trinajstić information content (AvgIpc) is 3.14. The SMILES string of the molecule is CCn1c(=O)c2cnc(Nc3ccc4c(c3)CCNC4)nc2n1-c1ccnc(C(C)(C)C(C)(C)O)c1. The van der Waals surface area contributed by atoms with E-state index in [1.165, 1.54) is 11.1 Å². The lowest BCUT2D eigenvalue weighted by Gasteiger charge is -2.36. The number of hydrogen-bond donors (Lipinski definition) is 3. The quantitative estimate of drug-likeness (QED) is 0.382. The second-order valence-corrected chi connectivity index (χ2v) is 10.4. The van der Waals surface area contributed by atoms with Crippen molar-refractivity contribution in [3.05, 3.63) is 69.9 Å². The summed E-state index contributed by atoms with van der Waals surface area (Å²) in [6.07, 6.45) is 4.27. The van der Waals surface area contributed by atoms with Gasteiger partial charge in [0.25, 0.3) is 5.56 Å². The number of aliphatic hydroxyl groups is 1. The van der Waals surface area contributed by atoms with Gasteiger partial charge >= 0.3 is 0 Å². The van der Waals surface area contributed by atoms with Crippen molar-refractivity contribution >= 4 is 22.7 Å². The van der Waals surface area contributed by atoms with Crippen molar-refractivity contribution in [2.24, 2.45) is 0 Å². The number of benzene rings is 1. The molecule has 1 aromatic carbocycles. The molecule has 0 fully saturated rings. The van der Waals surface area contributed by atoms with E-state index in [0.29, 0.717) is 23.5 Å². The van der Waals surface area contributed by atoms with Crippen molar-refractivity contribution in [1.82, 2.24) is 29.6 Å². The number of anilines is 2. The van der Waals surface area contributed by atoms with E-state index in [9.17, 15) is 9.90 Å². The van der Waals surface area contributed by atoms with Crippen LogP contribution in [0.2, 0.25) is 0 Å². The maximum absolute atomic E-state index is 13.2. The molecule has 1 aliphatic rings. The molecular weight excluding hydrogens is 454 g/mol. The van der Waals surface area contributed by atoms with Crippen molar-refractivity contribution in [1.29, 1.82) is 0 Å². The zero-order valence-corrected chi connectivity index (χ0v) is 21.5. The van der Waals surface area contributed by atoms with Crippen LogP contribution >= 0.6 is 0 Å². The molecule has 0 aliphatic carbocycles. The Hall–Kier alpha value is -3.56. The number of nitrogens with zero attached hydrogens (tertiary/aromatic N) is 5. The Bertz CT molecular complexity index is 1490. The Balaban J connectivity index is 1.60. The minimum Gasteiger partial charge on any atom is -0.390 e. The van der Waals surface area contributed by atoms with Gasteiger partial charge in [0.2, 0.25) is 5.95 Å². The van der Waals surface area contributed by atoms with Crippen LogP contribution in [0.15, 0.2) is 47.5 Å². The third-order valence-electron chi connectivity index (χ3n) is 7.48. The normalized spacial score (nSPS) is 14.2. The van der Waals surface area contributed by atoms with E-state index in [1.54, 1.807) is 30.9 Å². The Morgan fingerprint density at radius 1 is 1.11 bits per heavy atom. The fraction of sp³-hybridized carbons (Fsp3) is 0.407. The van der Waals surface area contributed by atoms with Crippen molar-refractivity contribution < 1.29 is 5.11 Å². The second kappa shape index (κ2) is 8.83. The zero-order valence-electron chi connectivity index (χ0n) is 21.5. The van der Waals surface area contributed by atoms with E-state index in [2.05, 4.69) is 32.7 Å². The lowest BCUT2D eigenvalue weighted by Crippen LogP contribution is -2.43. The number of hydrogen-bond acceptors (Lipinski definition) is 7. The van der Waals surface area contributed by atoms with Crippen LogP contribution in [-0.4, -0.2) is 41.6 Å².